The third kappa shape index (κ3) is 2.02. The third-order valence-corrected chi connectivity index (χ3v) is 5.19. The number of hydrogen-bond donors (Lipinski definition) is 0. The van der Waals surface area contributed by atoms with Gasteiger partial charge >= 0.3 is 0 Å². The van der Waals surface area contributed by atoms with E-state index < -0.39 is 0 Å². The molecule has 0 aliphatic carbocycles. The highest BCUT2D eigenvalue weighted by atomic mass is 16.3. The van der Waals surface area contributed by atoms with E-state index >= 15 is 0 Å². The van der Waals surface area contributed by atoms with Gasteiger partial charge in [-0.2, -0.15) is 0 Å². The van der Waals surface area contributed by atoms with Crippen LogP contribution in [0.2, 0.25) is 0 Å². The summed E-state index contributed by atoms with van der Waals surface area (Å²) in [6, 6.07) is 26.9. The summed E-state index contributed by atoms with van der Waals surface area (Å²) >= 11 is 0. The fourth-order valence-electron chi connectivity index (χ4n) is 3.95. The van der Waals surface area contributed by atoms with Crippen molar-refractivity contribution in [2.75, 3.05) is 0 Å². The van der Waals surface area contributed by atoms with Crippen LogP contribution in [0.1, 0.15) is 0 Å². The summed E-state index contributed by atoms with van der Waals surface area (Å²) in [6.45, 7) is 0. The number of benzene rings is 4. The van der Waals surface area contributed by atoms with Crippen LogP contribution in [0.25, 0.3) is 54.9 Å². The highest BCUT2D eigenvalue weighted by molar-refractivity contribution is 6.14. The van der Waals surface area contributed by atoms with Gasteiger partial charge in [-0.1, -0.05) is 60.7 Å². The van der Waals surface area contributed by atoms with E-state index in [1.54, 1.807) is 6.33 Å². The first-order valence-electron chi connectivity index (χ1n) is 8.93. The van der Waals surface area contributed by atoms with Crippen molar-refractivity contribution < 1.29 is 4.42 Å². The van der Waals surface area contributed by atoms with Crippen LogP contribution in [0.3, 0.4) is 0 Å². The Bertz CT molecular complexity index is 1480. The molecule has 3 heteroatoms. The van der Waals surface area contributed by atoms with Crippen LogP contribution in [-0.2, 0) is 0 Å². The van der Waals surface area contributed by atoms with E-state index in [4.69, 9.17) is 4.42 Å². The molecule has 0 atom stereocenters. The first-order chi connectivity index (χ1) is 13.4. The molecule has 0 unspecified atom stereocenters. The Morgan fingerprint density at radius 2 is 1.41 bits per heavy atom. The number of aromatic nitrogens is 2. The first-order valence-corrected chi connectivity index (χ1v) is 8.93. The molecule has 0 spiro atoms. The molecular formula is C24H14N2O. The molecule has 0 saturated heterocycles. The van der Waals surface area contributed by atoms with Crippen molar-refractivity contribution in [3.8, 4) is 11.3 Å². The maximum Gasteiger partial charge on any atom is 0.144 e. The number of nitrogens with zero attached hydrogens (tertiary/aromatic N) is 2. The number of rotatable bonds is 1. The van der Waals surface area contributed by atoms with E-state index in [-0.39, 0.29) is 0 Å². The zero-order valence-electron chi connectivity index (χ0n) is 14.4. The molecule has 0 aliphatic rings. The summed E-state index contributed by atoms with van der Waals surface area (Å²) in [5, 5.41) is 5.57. The SMILES string of the molecule is c1ccc2c(c1)ccc1c(-c3cccc4c3oc3ccccc34)ncnc12. The molecule has 0 amide bonds. The van der Waals surface area contributed by atoms with Gasteiger partial charge in [0.25, 0.3) is 0 Å². The highest BCUT2D eigenvalue weighted by Gasteiger charge is 2.15. The Morgan fingerprint density at radius 1 is 0.593 bits per heavy atom. The van der Waals surface area contributed by atoms with E-state index in [1.165, 1.54) is 5.39 Å². The molecule has 3 nitrogen and oxygen atoms in total. The Labute approximate surface area is 154 Å². The molecule has 6 rings (SSSR count). The van der Waals surface area contributed by atoms with Crippen molar-refractivity contribution in [3.63, 3.8) is 0 Å². The molecule has 0 fully saturated rings. The van der Waals surface area contributed by atoms with Crippen molar-refractivity contribution in [2.45, 2.75) is 0 Å². The molecule has 0 saturated carbocycles. The summed E-state index contributed by atoms with van der Waals surface area (Å²) < 4.78 is 6.21. The van der Waals surface area contributed by atoms with Crippen molar-refractivity contribution in [3.05, 3.63) is 85.2 Å². The third-order valence-electron chi connectivity index (χ3n) is 5.19. The molecule has 0 N–H and O–H groups in total. The van der Waals surface area contributed by atoms with Gasteiger partial charge in [0.1, 0.15) is 17.5 Å². The normalized spacial score (nSPS) is 11.7. The van der Waals surface area contributed by atoms with Crippen LogP contribution < -0.4 is 0 Å². The lowest BCUT2D eigenvalue weighted by molar-refractivity contribution is 0.670. The predicted molar refractivity (Wildman–Crippen MR) is 110 cm³/mol. The van der Waals surface area contributed by atoms with Gasteiger partial charge in [0.2, 0.25) is 0 Å². The lowest BCUT2D eigenvalue weighted by atomic mass is 10.0. The van der Waals surface area contributed by atoms with E-state index in [0.717, 1.165) is 49.5 Å². The van der Waals surface area contributed by atoms with Crippen LogP contribution in [0.4, 0.5) is 0 Å². The molecule has 6 aromatic rings. The van der Waals surface area contributed by atoms with Crippen molar-refractivity contribution >= 4 is 43.6 Å². The van der Waals surface area contributed by atoms with Gasteiger partial charge in [0.15, 0.2) is 0 Å². The van der Waals surface area contributed by atoms with Crippen LogP contribution >= 0.6 is 0 Å². The molecule has 0 bridgehead atoms. The summed E-state index contributed by atoms with van der Waals surface area (Å²) in [5.74, 6) is 0. The van der Waals surface area contributed by atoms with Gasteiger partial charge in [-0.25, -0.2) is 9.97 Å². The number of fused-ring (bicyclic) bond motifs is 6. The minimum atomic E-state index is 0.867. The average Bonchev–Trinajstić information content (AvgIpc) is 3.12. The maximum absolute atomic E-state index is 6.21. The van der Waals surface area contributed by atoms with Gasteiger partial charge < -0.3 is 4.42 Å². The number of hydrogen-bond acceptors (Lipinski definition) is 3. The molecule has 4 aromatic carbocycles. The van der Waals surface area contributed by atoms with Crippen LogP contribution in [0.5, 0.6) is 0 Å². The van der Waals surface area contributed by atoms with Gasteiger partial charge in [0.05, 0.1) is 11.2 Å². The van der Waals surface area contributed by atoms with Gasteiger partial charge in [-0.3, -0.25) is 0 Å². The van der Waals surface area contributed by atoms with E-state index in [2.05, 4.69) is 58.5 Å². The average molecular weight is 346 g/mol. The quantitative estimate of drug-likeness (QED) is 0.326. The van der Waals surface area contributed by atoms with Gasteiger partial charge in [-0.15, -0.1) is 0 Å². The smallest absolute Gasteiger partial charge is 0.144 e. The largest absolute Gasteiger partial charge is 0.455 e. The van der Waals surface area contributed by atoms with E-state index in [9.17, 15) is 0 Å². The molecular weight excluding hydrogens is 332 g/mol. The van der Waals surface area contributed by atoms with Crippen LogP contribution in [0, 0.1) is 0 Å². The molecule has 126 valence electrons. The van der Waals surface area contributed by atoms with Crippen LogP contribution in [-0.4, -0.2) is 9.97 Å². The summed E-state index contributed by atoms with van der Waals surface area (Å²) in [6.07, 6.45) is 1.64. The molecule has 27 heavy (non-hydrogen) atoms. The topological polar surface area (TPSA) is 38.9 Å². The monoisotopic (exact) mass is 346 g/mol. The Balaban J connectivity index is 1.74. The predicted octanol–water partition coefficient (Wildman–Crippen LogP) is 6.35. The van der Waals surface area contributed by atoms with Crippen molar-refractivity contribution in [1.82, 2.24) is 9.97 Å². The van der Waals surface area contributed by atoms with Gasteiger partial charge in [-0.05, 0) is 23.6 Å². The standard InChI is InChI=1S/C24H14N2O/c1-2-7-16-15(6-1)12-13-19-22(16)25-14-26-23(19)20-10-5-9-18-17-8-3-4-11-21(17)27-24(18)20/h1-14H. The second-order valence-electron chi connectivity index (χ2n) is 6.69. The van der Waals surface area contributed by atoms with Crippen molar-refractivity contribution in [2.24, 2.45) is 0 Å². The first kappa shape index (κ1) is 14.4. The minimum Gasteiger partial charge on any atom is -0.455 e. The Morgan fingerprint density at radius 3 is 2.37 bits per heavy atom. The Hall–Kier alpha value is -3.72. The molecule has 0 aliphatic heterocycles. The zero-order chi connectivity index (χ0) is 17.8. The molecule has 2 heterocycles. The maximum atomic E-state index is 6.21. The fourth-order valence-corrected chi connectivity index (χ4v) is 3.95. The minimum absolute atomic E-state index is 0.867. The molecule has 0 radical (unpaired) electrons. The summed E-state index contributed by atoms with van der Waals surface area (Å²) in [7, 11) is 0. The second-order valence-corrected chi connectivity index (χ2v) is 6.69. The summed E-state index contributed by atoms with van der Waals surface area (Å²) in [5.41, 5.74) is 4.61. The zero-order valence-corrected chi connectivity index (χ0v) is 14.4. The second kappa shape index (κ2) is 5.39. The number of furan rings is 1. The highest BCUT2D eigenvalue weighted by Crippen LogP contribution is 2.37. The Kier molecular flexibility index (Phi) is 2.88. The lowest BCUT2D eigenvalue weighted by Gasteiger charge is -2.08. The van der Waals surface area contributed by atoms with E-state index in [0.29, 0.717) is 0 Å². The van der Waals surface area contributed by atoms with E-state index in [1.807, 2.05) is 30.3 Å². The number of para-hydroxylation sites is 2. The van der Waals surface area contributed by atoms with Gasteiger partial charge in [0, 0.05) is 27.1 Å². The van der Waals surface area contributed by atoms with Crippen molar-refractivity contribution in [1.29, 1.82) is 0 Å². The lowest BCUT2D eigenvalue weighted by Crippen LogP contribution is -1.90. The summed E-state index contributed by atoms with van der Waals surface area (Å²) in [4.78, 5) is 9.21. The fraction of sp³-hybridized carbons (Fsp3) is 0. The van der Waals surface area contributed by atoms with Crippen LogP contribution in [0.15, 0.2) is 89.6 Å². The molecule has 2 aromatic heterocycles.